The Labute approximate surface area is 113 Å². The molecule has 102 valence electrons. The minimum Gasteiger partial charge on any atom is -0.478 e. The maximum Gasteiger partial charge on any atom is 0.335 e. The quantitative estimate of drug-likeness (QED) is 0.899. The summed E-state index contributed by atoms with van der Waals surface area (Å²) < 4.78 is 2.33. The van der Waals surface area contributed by atoms with Gasteiger partial charge in [-0.3, -0.25) is 0 Å². The van der Waals surface area contributed by atoms with Crippen LogP contribution < -0.4 is 0 Å². The Morgan fingerprint density at radius 2 is 1.95 bits per heavy atom. The molecule has 0 unspecified atom stereocenters. The monoisotopic (exact) mass is 259 g/mol. The summed E-state index contributed by atoms with van der Waals surface area (Å²) in [5.41, 5.74) is 5.04. The van der Waals surface area contributed by atoms with Crippen LogP contribution in [0.1, 0.15) is 46.9 Å². The molecule has 0 saturated carbocycles. The maximum absolute atomic E-state index is 11.2. The summed E-state index contributed by atoms with van der Waals surface area (Å²) in [4.78, 5) is 11.2. The first-order valence-electron chi connectivity index (χ1n) is 6.80. The van der Waals surface area contributed by atoms with E-state index in [0.29, 0.717) is 5.56 Å². The van der Waals surface area contributed by atoms with Gasteiger partial charge < -0.3 is 9.67 Å². The molecule has 3 heteroatoms. The molecule has 3 nitrogen and oxygen atoms in total. The predicted octanol–water partition coefficient (Wildman–Crippen LogP) is 4.06. The van der Waals surface area contributed by atoms with Crippen LogP contribution in [-0.4, -0.2) is 15.6 Å². The number of aromatic carboxylic acids is 1. The molecule has 0 aliphatic heterocycles. The van der Waals surface area contributed by atoms with Gasteiger partial charge in [0.15, 0.2) is 0 Å². The van der Waals surface area contributed by atoms with Crippen molar-refractivity contribution in [2.45, 2.75) is 47.1 Å². The number of hydrogen-bond acceptors (Lipinski definition) is 1. The molecule has 0 fully saturated rings. The number of aromatic nitrogens is 1. The maximum atomic E-state index is 11.2. The van der Waals surface area contributed by atoms with Crippen molar-refractivity contribution in [1.82, 2.24) is 4.57 Å². The number of fused-ring (bicyclic) bond motifs is 1. The van der Waals surface area contributed by atoms with E-state index in [0.717, 1.165) is 30.3 Å². The van der Waals surface area contributed by atoms with Crippen LogP contribution in [0.3, 0.4) is 0 Å². The van der Waals surface area contributed by atoms with E-state index in [9.17, 15) is 9.90 Å². The summed E-state index contributed by atoms with van der Waals surface area (Å²) in [6.45, 7) is 9.37. The largest absolute Gasteiger partial charge is 0.478 e. The molecular weight excluding hydrogens is 238 g/mol. The molecule has 0 aliphatic carbocycles. The first-order valence-corrected chi connectivity index (χ1v) is 6.80. The lowest BCUT2D eigenvalue weighted by Gasteiger charge is -2.09. The van der Waals surface area contributed by atoms with Gasteiger partial charge >= 0.3 is 5.97 Å². The summed E-state index contributed by atoms with van der Waals surface area (Å²) in [6, 6.07) is 3.57. The molecule has 1 N–H and O–H groups in total. The zero-order valence-corrected chi connectivity index (χ0v) is 12.1. The third-order valence-corrected chi connectivity index (χ3v) is 3.90. The Morgan fingerprint density at radius 3 is 2.53 bits per heavy atom. The molecule has 0 amide bonds. The molecule has 2 rings (SSSR count). The Hall–Kier alpha value is -1.77. The van der Waals surface area contributed by atoms with E-state index >= 15 is 0 Å². The van der Waals surface area contributed by atoms with Gasteiger partial charge in [-0.1, -0.05) is 13.3 Å². The van der Waals surface area contributed by atoms with Crippen molar-refractivity contribution in [2.24, 2.45) is 0 Å². The third kappa shape index (κ3) is 2.25. The van der Waals surface area contributed by atoms with E-state index < -0.39 is 5.97 Å². The van der Waals surface area contributed by atoms with E-state index in [1.54, 1.807) is 12.1 Å². The highest BCUT2D eigenvalue weighted by Crippen LogP contribution is 2.29. The highest BCUT2D eigenvalue weighted by molar-refractivity contribution is 5.97. The number of hydrogen-bond donors (Lipinski definition) is 1. The van der Waals surface area contributed by atoms with Crippen molar-refractivity contribution < 1.29 is 9.90 Å². The van der Waals surface area contributed by atoms with Crippen molar-refractivity contribution in [3.63, 3.8) is 0 Å². The van der Waals surface area contributed by atoms with Crippen LogP contribution in [0, 0.1) is 20.8 Å². The molecule has 0 saturated heterocycles. The van der Waals surface area contributed by atoms with E-state index in [2.05, 4.69) is 25.3 Å². The van der Waals surface area contributed by atoms with E-state index in [-0.39, 0.29) is 0 Å². The first-order chi connectivity index (χ1) is 8.97. The second-order valence-electron chi connectivity index (χ2n) is 5.21. The zero-order valence-electron chi connectivity index (χ0n) is 12.1. The second kappa shape index (κ2) is 5.08. The lowest BCUT2D eigenvalue weighted by atomic mass is 10.0. The minimum atomic E-state index is -0.858. The fourth-order valence-electron chi connectivity index (χ4n) is 2.71. The lowest BCUT2D eigenvalue weighted by molar-refractivity contribution is 0.0697. The number of rotatable bonds is 4. The standard InChI is InChI=1S/C16H21NO2/c1-5-6-7-17-12(4)11(3)14-9-13(16(18)19)8-10(2)15(14)17/h8-9H,5-7H2,1-4H3,(H,18,19). The van der Waals surface area contributed by atoms with Crippen LogP contribution in [-0.2, 0) is 6.54 Å². The van der Waals surface area contributed by atoms with Crippen LogP contribution in [0.15, 0.2) is 12.1 Å². The summed E-state index contributed by atoms with van der Waals surface area (Å²) in [6.07, 6.45) is 2.30. The molecule has 0 spiro atoms. The van der Waals surface area contributed by atoms with Gasteiger partial charge in [-0.15, -0.1) is 0 Å². The summed E-state index contributed by atoms with van der Waals surface area (Å²) in [7, 11) is 0. The van der Waals surface area contributed by atoms with Gasteiger partial charge in [0.05, 0.1) is 11.1 Å². The average molecular weight is 259 g/mol. The molecule has 1 aromatic heterocycles. The van der Waals surface area contributed by atoms with Gasteiger partial charge in [0.1, 0.15) is 0 Å². The molecule has 0 bridgehead atoms. The van der Waals surface area contributed by atoms with Crippen molar-refractivity contribution in [1.29, 1.82) is 0 Å². The number of unbranched alkanes of at least 4 members (excludes halogenated alkanes) is 1. The molecule has 2 aromatic rings. The molecule has 1 heterocycles. The van der Waals surface area contributed by atoms with Crippen molar-refractivity contribution in [3.05, 3.63) is 34.5 Å². The number of carboxylic acids is 1. The van der Waals surface area contributed by atoms with Gasteiger partial charge in [-0.2, -0.15) is 0 Å². The summed E-state index contributed by atoms with van der Waals surface area (Å²) in [5, 5.41) is 10.2. The number of aryl methyl sites for hydroxylation is 3. The van der Waals surface area contributed by atoms with E-state index in [1.165, 1.54) is 16.8 Å². The first kappa shape index (κ1) is 13.7. The Balaban J connectivity index is 2.71. The molecule has 0 aliphatic rings. The number of nitrogens with zero attached hydrogens (tertiary/aromatic N) is 1. The predicted molar refractivity (Wildman–Crippen MR) is 78.0 cm³/mol. The summed E-state index contributed by atoms with van der Waals surface area (Å²) >= 11 is 0. The molecule has 1 aromatic carbocycles. The number of benzene rings is 1. The van der Waals surface area contributed by atoms with Gasteiger partial charge in [-0.05, 0) is 50.5 Å². The van der Waals surface area contributed by atoms with Crippen LogP contribution in [0.5, 0.6) is 0 Å². The van der Waals surface area contributed by atoms with Gasteiger partial charge in [0, 0.05) is 17.6 Å². The van der Waals surface area contributed by atoms with Crippen molar-refractivity contribution in [2.75, 3.05) is 0 Å². The number of carbonyl (C=O) groups is 1. The normalized spacial score (nSPS) is 11.2. The summed E-state index contributed by atoms with van der Waals surface area (Å²) in [5.74, 6) is -0.858. The van der Waals surface area contributed by atoms with Crippen molar-refractivity contribution >= 4 is 16.9 Å². The lowest BCUT2D eigenvalue weighted by Crippen LogP contribution is -2.02. The van der Waals surface area contributed by atoms with Crippen molar-refractivity contribution in [3.8, 4) is 0 Å². The fraction of sp³-hybridized carbons (Fsp3) is 0.438. The van der Waals surface area contributed by atoms with Gasteiger partial charge in [0.2, 0.25) is 0 Å². The smallest absolute Gasteiger partial charge is 0.335 e. The van der Waals surface area contributed by atoms with Gasteiger partial charge in [0.25, 0.3) is 0 Å². The molecule has 19 heavy (non-hydrogen) atoms. The zero-order chi connectivity index (χ0) is 14.2. The second-order valence-corrected chi connectivity index (χ2v) is 5.21. The molecule has 0 atom stereocenters. The molecule has 0 radical (unpaired) electrons. The van der Waals surface area contributed by atoms with Gasteiger partial charge in [-0.25, -0.2) is 4.79 Å². The van der Waals surface area contributed by atoms with Crippen LogP contribution in [0.2, 0.25) is 0 Å². The Bertz CT molecular complexity index is 638. The molecular formula is C16H21NO2. The SMILES string of the molecule is CCCCn1c(C)c(C)c2cc(C(=O)O)cc(C)c21. The minimum absolute atomic E-state index is 0.376. The van der Waals surface area contributed by atoms with Crippen LogP contribution in [0.4, 0.5) is 0 Å². The van der Waals surface area contributed by atoms with Crippen LogP contribution in [0.25, 0.3) is 10.9 Å². The van der Waals surface area contributed by atoms with Crippen LogP contribution >= 0.6 is 0 Å². The Morgan fingerprint density at radius 1 is 1.26 bits per heavy atom. The van der Waals surface area contributed by atoms with E-state index in [4.69, 9.17) is 0 Å². The van der Waals surface area contributed by atoms with E-state index in [1.807, 2.05) is 6.92 Å². The third-order valence-electron chi connectivity index (χ3n) is 3.90. The highest BCUT2D eigenvalue weighted by Gasteiger charge is 2.15. The fourth-order valence-corrected chi connectivity index (χ4v) is 2.71. The number of carboxylic acid groups (broad SMARTS) is 1. The average Bonchev–Trinajstić information content (AvgIpc) is 2.61. The Kier molecular flexibility index (Phi) is 3.65. The highest BCUT2D eigenvalue weighted by atomic mass is 16.4. The topological polar surface area (TPSA) is 42.2 Å².